The first-order valence-electron chi connectivity index (χ1n) is 10.2. The number of carbonyl (C=O) groups excluding carboxylic acids is 1. The summed E-state index contributed by atoms with van der Waals surface area (Å²) in [7, 11) is 1.25. The molecule has 3 rings (SSSR count). The van der Waals surface area contributed by atoms with Crippen molar-refractivity contribution in [1.29, 1.82) is 0 Å². The van der Waals surface area contributed by atoms with Crippen LogP contribution in [0, 0.1) is 0 Å². The smallest absolute Gasteiger partial charge is 0.337 e. The lowest BCUT2D eigenvalue weighted by molar-refractivity contribution is -0.349. The van der Waals surface area contributed by atoms with Gasteiger partial charge in [-0.25, -0.2) is 4.79 Å². The van der Waals surface area contributed by atoms with Gasteiger partial charge in [-0.2, -0.15) is 0 Å². The van der Waals surface area contributed by atoms with Crippen molar-refractivity contribution in [2.45, 2.75) is 61.4 Å². The lowest BCUT2D eigenvalue weighted by Gasteiger charge is -2.46. The van der Waals surface area contributed by atoms with Gasteiger partial charge in [0.1, 0.15) is 54.6 Å². The topological polar surface area (TPSA) is 211 Å². The third kappa shape index (κ3) is 5.44. The van der Waals surface area contributed by atoms with Crippen LogP contribution in [0.15, 0.2) is 24.3 Å². The predicted octanol–water partition coefficient (Wildman–Crippen LogP) is -3.56. The molecule has 0 radical (unpaired) electrons. The van der Waals surface area contributed by atoms with E-state index in [-0.39, 0.29) is 17.9 Å². The maximum absolute atomic E-state index is 11.5. The molecule has 1 aromatic rings. The fraction of sp³-hybridized carbons (Fsp3) is 0.650. The van der Waals surface area contributed by atoms with Crippen LogP contribution in [0.1, 0.15) is 10.4 Å². The van der Waals surface area contributed by atoms with Gasteiger partial charge in [0.15, 0.2) is 6.29 Å². The molecule has 186 valence electrons. The second kappa shape index (κ2) is 11.0. The molecule has 2 aliphatic heterocycles. The summed E-state index contributed by atoms with van der Waals surface area (Å²) in [5.41, 5.74) is 6.01. The van der Waals surface area contributed by atoms with Gasteiger partial charge in [0, 0.05) is 6.54 Å². The van der Waals surface area contributed by atoms with Crippen LogP contribution in [0.2, 0.25) is 0 Å². The zero-order valence-corrected chi connectivity index (χ0v) is 17.7. The predicted molar refractivity (Wildman–Crippen MR) is 107 cm³/mol. The molecule has 33 heavy (non-hydrogen) atoms. The minimum absolute atomic E-state index is 0.187. The van der Waals surface area contributed by atoms with Gasteiger partial charge in [0.05, 0.1) is 19.3 Å². The normalized spacial score (nSPS) is 39.2. The molecule has 0 bridgehead atoms. The first-order chi connectivity index (χ1) is 15.7. The summed E-state index contributed by atoms with van der Waals surface area (Å²) in [4.78, 5) is 11.5. The Morgan fingerprint density at radius 3 is 2.09 bits per heavy atom. The van der Waals surface area contributed by atoms with Gasteiger partial charge >= 0.3 is 5.97 Å². The summed E-state index contributed by atoms with van der Waals surface area (Å²) in [6.07, 6.45) is -14.7. The SMILES string of the molecule is COC(=O)c1ccc(O[C@@H]2O[C@H](CN)[C@@H](O[C@@H]3O[C@H](CO)[C@H](O)[C@H](O)[C@H]3O)[C@H](O)[C@H]2O)cc1. The molecule has 0 spiro atoms. The number of ether oxygens (including phenoxy) is 5. The van der Waals surface area contributed by atoms with Crippen LogP contribution in [0.5, 0.6) is 5.75 Å². The van der Waals surface area contributed by atoms with Crippen LogP contribution in [-0.4, -0.2) is 118 Å². The van der Waals surface area contributed by atoms with Gasteiger partial charge < -0.3 is 60.1 Å². The Morgan fingerprint density at radius 2 is 1.52 bits per heavy atom. The standard InChI is InChI=1S/C20H29NO12/c1-29-18(28)8-2-4-9(5-3-8)30-19-16(27)14(25)17(10(6-21)31-19)33-20-15(26)13(24)12(23)11(7-22)32-20/h2-5,10-17,19-20,22-27H,6-7,21H2,1H3/t10-,11-,12+,13+,14-,15-,16-,17-,19-,20+/m1/s1. The number of carbonyl (C=O) groups is 1. The van der Waals surface area contributed by atoms with Crippen molar-refractivity contribution in [1.82, 2.24) is 0 Å². The number of esters is 1. The van der Waals surface area contributed by atoms with Crippen LogP contribution in [0.4, 0.5) is 0 Å². The molecule has 1 aromatic carbocycles. The van der Waals surface area contributed by atoms with Crippen molar-refractivity contribution in [2.24, 2.45) is 5.73 Å². The zero-order valence-electron chi connectivity index (χ0n) is 17.7. The van der Waals surface area contributed by atoms with Gasteiger partial charge in [0.2, 0.25) is 6.29 Å². The van der Waals surface area contributed by atoms with Gasteiger partial charge in [-0.1, -0.05) is 0 Å². The van der Waals surface area contributed by atoms with Gasteiger partial charge in [-0.3, -0.25) is 0 Å². The van der Waals surface area contributed by atoms with E-state index in [0.717, 1.165) is 0 Å². The third-order valence-corrected chi connectivity index (χ3v) is 5.54. The molecule has 2 saturated heterocycles. The average molecular weight is 475 g/mol. The monoisotopic (exact) mass is 475 g/mol. The maximum atomic E-state index is 11.5. The Kier molecular flexibility index (Phi) is 8.58. The van der Waals surface area contributed by atoms with E-state index in [9.17, 15) is 35.4 Å². The summed E-state index contributed by atoms with van der Waals surface area (Å²) in [6, 6.07) is 5.78. The fourth-order valence-corrected chi connectivity index (χ4v) is 3.62. The molecule has 8 N–H and O–H groups in total. The van der Waals surface area contributed by atoms with E-state index in [1.54, 1.807) is 0 Å². The molecular weight excluding hydrogens is 446 g/mol. The Balaban J connectivity index is 1.69. The van der Waals surface area contributed by atoms with Crippen LogP contribution < -0.4 is 10.5 Å². The zero-order chi connectivity index (χ0) is 24.3. The highest BCUT2D eigenvalue weighted by Crippen LogP contribution is 2.30. The molecule has 0 saturated carbocycles. The number of aliphatic hydroxyl groups excluding tert-OH is 6. The third-order valence-electron chi connectivity index (χ3n) is 5.54. The summed E-state index contributed by atoms with van der Waals surface area (Å²) in [5, 5.41) is 60.5. The number of benzene rings is 1. The van der Waals surface area contributed by atoms with E-state index in [4.69, 9.17) is 24.7 Å². The molecule has 13 heteroatoms. The molecular formula is C20H29NO12. The molecule has 0 aromatic heterocycles. The Bertz CT molecular complexity index is 775. The maximum Gasteiger partial charge on any atom is 0.337 e. The van der Waals surface area contributed by atoms with Crippen molar-refractivity contribution in [3.05, 3.63) is 29.8 Å². The van der Waals surface area contributed by atoms with Crippen molar-refractivity contribution in [2.75, 3.05) is 20.3 Å². The van der Waals surface area contributed by atoms with Crippen molar-refractivity contribution >= 4 is 5.97 Å². The highest BCUT2D eigenvalue weighted by atomic mass is 16.7. The summed E-state index contributed by atoms with van der Waals surface area (Å²) < 4.78 is 26.7. The summed E-state index contributed by atoms with van der Waals surface area (Å²) in [5.74, 6) is -0.315. The molecule has 2 fully saturated rings. The Hall–Kier alpha value is -1.91. The van der Waals surface area contributed by atoms with Crippen molar-refractivity contribution in [3.63, 3.8) is 0 Å². The number of hydrogen-bond donors (Lipinski definition) is 7. The highest BCUT2D eigenvalue weighted by molar-refractivity contribution is 5.89. The summed E-state index contributed by atoms with van der Waals surface area (Å²) >= 11 is 0. The Labute approximate surface area is 188 Å². The van der Waals surface area contributed by atoms with Gasteiger partial charge in [-0.05, 0) is 24.3 Å². The number of nitrogens with two attached hydrogens (primary N) is 1. The Morgan fingerprint density at radius 1 is 0.909 bits per heavy atom. The van der Waals surface area contributed by atoms with Crippen molar-refractivity contribution < 1.29 is 59.1 Å². The van der Waals surface area contributed by atoms with Crippen LogP contribution in [0.3, 0.4) is 0 Å². The molecule has 0 amide bonds. The largest absolute Gasteiger partial charge is 0.465 e. The number of methoxy groups -OCH3 is 1. The quantitative estimate of drug-likeness (QED) is 0.191. The molecule has 2 heterocycles. The van der Waals surface area contributed by atoms with E-state index in [1.807, 2.05) is 0 Å². The number of aliphatic hydroxyl groups is 6. The molecule has 13 nitrogen and oxygen atoms in total. The molecule has 0 unspecified atom stereocenters. The van der Waals surface area contributed by atoms with Crippen LogP contribution >= 0.6 is 0 Å². The first kappa shape index (κ1) is 25.7. The first-order valence-corrected chi connectivity index (χ1v) is 10.2. The fourth-order valence-electron chi connectivity index (χ4n) is 3.62. The van der Waals surface area contributed by atoms with E-state index >= 15 is 0 Å². The summed E-state index contributed by atoms with van der Waals surface area (Å²) in [6.45, 7) is -0.852. The number of rotatable bonds is 7. The van der Waals surface area contributed by atoms with Crippen LogP contribution in [-0.2, 0) is 18.9 Å². The molecule has 0 aliphatic carbocycles. The van der Waals surface area contributed by atoms with E-state index in [0.29, 0.717) is 0 Å². The lowest BCUT2D eigenvalue weighted by Crippen LogP contribution is -2.65. The minimum atomic E-state index is -1.71. The average Bonchev–Trinajstić information content (AvgIpc) is 2.83. The van der Waals surface area contributed by atoms with Gasteiger partial charge in [-0.15, -0.1) is 0 Å². The van der Waals surface area contributed by atoms with Crippen LogP contribution in [0.25, 0.3) is 0 Å². The highest BCUT2D eigenvalue weighted by Gasteiger charge is 2.50. The van der Waals surface area contributed by atoms with E-state index in [1.165, 1.54) is 31.4 Å². The minimum Gasteiger partial charge on any atom is -0.465 e. The second-order valence-electron chi connectivity index (χ2n) is 7.69. The van der Waals surface area contributed by atoms with Gasteiger partial charge in [0.25, 0.3) is 0 Å². The number of hydrogen-bond acceptors (Lipinski definition) is 13. The lowest BCUT2D eigenvalue weighted by atomic mass is 9.97. The molecule has 10 atom stereocenters. The second-order valence-corrected chi connectivity index (χ2v) is 7.69. The molecule has 2 aliphatic rings. The van der Waals surface area contributed by atoms with E-state index in [2.05, 4.69) is 4.74 Å². The van der Waals surface area contributed by atoms with Crippen molar-refractivity contribution in [3.8, 4) is 5.75 Å². The van der Waals surface area contributed by atoms with E-state index < -0.39 is 74.0 Å².